The van der Waals surface area contributed by atoms with Crippen molar-refractivity contribution >= 4 is 23.5 Å². The van der Waals surface area contributed by atoms with Gasteiger partial charge in [-0.1, -0.05) is 50.7 Å². The topological polar surface area (TPSA) is 69.2 Å². The molecule has 0 N–H and O–H groups in total. The van der Waals surface area contributed by atoms with Crippen molar-refractivity contribution in [3.8, 4) is 0 Å². The molecule has 0 aliphatic rings. The molecule has 0 fully saturated rings. The van der Waals surface area contributed by atoms with Crippen LogP contribution in [0.3, 0.4) is 0 Å². The summed E-state index contributed by atoms with van der Waals surface area (Å²) in [7, 11) is 2.04. The Hall–Kier alpha value is -2.08. The van der Waals surface area contributed by atoms with Crippen molar-refractivity contribution in [2.24, 2.45) is 0 Å². The van der Waals surface area contributed by atoms with E-state index in [0.29, 0.717) is 16.8 Å². The summed E-state index contributed by atoms with van der Waals surface area (Å²) in [5, 5.41) is 11.7. The maximum absolute atomic E-state index is 11.0. The maximum Gasteiger partial charge on any atom is 0.190 e. The van der Waals surface area contributed by atoms with E-state index in [1.165, 1.54) is 17.8 Å². The minimum atomic E-state index is -1.16. The molecule has 0 amide bonds. The van der Waals surface area contributed by atoms with Crippen molar-refractivity contribution in [1.82, 2.24) is 9.97 Å². The number of anilines is 1. The molecule has 0 aliphatic carbocycles. The Morgan fingerprint density at radius 2 is 2.04 bits per heavy atom. The van der Waals surface area contributed by atoms with E-state index in [0.717, 1.165) is 30.0 Å². The van der Waals surface area contributed by atoms with Crippen molar-refractivity contribution in [1.29, 1.82) is 0 Å². The van der Waals surface area contributed by atoms with Crippen molar-refractivity contribution in [2.75, 3.05) is 18.5 Å². The molecular formula is C19H24N3O2S-. The first-order valence-electron chi connectivity index (χ1n) is 8.44. The number of rotatable bonds is 8. The zero-order valence-corrected chi connectivity index (χ0v) is 16.0. The average molecular weight is 358 g/mol. The zero-order valence-electron chi connectivity index (χ0n) is 15.2. The Morgan fingerprint density at radius 3 is 2.68 bits per heavy atom. The second-order valence-corrected chi connectivity index (χ2v) is 7.23. The van der Waals surface area contributed by atoms with Gasteiger partial charge in [-0.25, -0.2) is 9.97 Å². The monoisotopic (exact) mass is 358 g/mol. The fraction of sp³-hybridized carbons (Fsp3) is 0.421. The summed E-state index contributed by atoms with van der Waals surface area (Å²) >= 11 is 1.51. The molecule has 0 saturated heterocycles. The van der Waals surface area contributed by atoms with Crippen LogP contribution in [0.15, 0.2) is 35.5 Å². The Morgan fingerprint density at radius 1 is 1.28 bits per heavy atom. The number of thioether (sulfide) groups is 1. The minimum Gasteiger partial charge on any atom is -0.545 e. The number of carbonyl (C=O) groups excluding carboxylic acids is 1. The van der Waals surface area contributed by atoms with Crippen molar-refractivity contribution < 1.29 is 9.90 Å². The molecule has 0 spiro atoms. The van der Waals surface area contributed by atoms with Gasteiger partial charge in [-0.15, -0.1) is 0 Å². The fourth-order valence-electron chi connectivity index (χ4n) is 2.37. The SMILES string of the molecule is CCCN(C)c1cc(C(C)C)nc(SCc2cccc(C(=O)[O-])c2)n1. The van der Waals surface area contributed by atoms with E-state index in [9.17, 15) is 9.90 Å². The third-order valence-electron chi connectivity index (χ3n) is 3.78. The van der Waals surface area contributed by atoms with Gasteiger partial charge in [0, 0.05) is 31.1 Å². The van der Waals surface area contributed by atoms with E-state index >= 15 is 0 Å². The molecule has 1 aromatic carbocycles. The fourth-order valence-corrected chi connectivity index (χ4v) is 3.18. The summed E-state index contributed by atoms with van der Waals surface area (Å²) in [4.78, 5) is 22.4. The number of nitrogens with zero attached hydrogens (tertiary/aromatic N) is 3. The molecule has 25 heavy (non-hydrogen) atoms. The van der Waals surface area contributed by atoms with E-state index in [1.807, 2.05) is 19.2 Å². The zero-order chi connectivity index (χ0) is 18.4. The predicted molar refractivity (Wildman–Crippen MR) is 100 cm³/mol. The van der Waals surface area contributed by atoms with Gasteiger partial charge in [0.1, 0.15) is 5.82 Å². The van der Waals surface area contributed by atoms with Crippen molar-refractivity contribution in [2.45, 2.75) is 44.0 Å². The van der Waals surface area contributed by atoms with Crippen molar-refractivity contribution in [3.05, 3.63) is 47.2 Å². The van der Waals surface area contributed by atoms with Crippen molar-refractivity contribution in [3.63, 3.8) is 0 Å². The van der Waals surface area contributed by atoms with Crippen LogP contribution < -0.4 is 10.0 Å². The number of aromatic carboxylic acids is 1. The smallest absolute Gasteiger partial charge is 0.190 e. The highest BCUT2D eigenvalue weighted by atomic mass is 32.2. The minimum absolute atomic E-state index is 0.193. The summed E-state index contributed by atoms with van der Waals surface area (Å²) in [6.07, 6.45) is 1.05. The van der Waals surface area contributed by atoms with E-state index < -0.39 is 5.97 Å². The predicted octanol–water partition coefficient (Wildman–Crippen LogP) is 3.10. The standard InChI is InChI=1S/C19H25N3O2S/c1-5-9-22(4)17-11-16(13(2)3)20-19(21-17)25-12-14-7-6-8-15(10-14)18(23)24/h6-8,10-11,13H,5,9,12H2,1-4H3,(H,23,24)/p-1. The lowest BCUT2D eigenvalue weighted by molar-refractivity contribution is -0.255. The third-order valence-corrected chi connectivity index (χ3v) is 4.70. The van der Waals surface area contributed by atoms with E-state index in [1.54, 1.807) is 12.1 Å². The molecule has 5 nitrogen and oxygen atoms in total. The molecule has 1 aromatic heterocycles. The van der Waals surface area contributed by atoms with E-state index in [-0.39, 0.29) is 5.56 Å². The van der Waals surface area contributed by atoms with E-state index in [2.05, 4.69) is 35.6 Å². The van der Waals surface area contributed by atoms with Crippen LogP contribution >= 0.6 is 11.8 Å². The molecule has 0 atom stereocenters. The Bertz CT molecular complexity index is 734. The first-order valence-corrected chi connectivity index (χ1v) is 9.42. The molecule has 0 aliphatic heterocycles. The quantitative estimate of drug-likeness (QED) is 0.533. The first kappa shape index (κ1) is 19.2. The van der Waals surface area contributed by atoms with Gasteiger partial charge in [-0.2, -0.15) is 0 Å². The van der Waals surface area contributed by atoms with Crippen LogP contribution in [0.25, 0.3) is 0 Å². The van der Waals surface area contributed by atoms with Gasteiger partial charge in [-0.05, 0) is 29.5 Å². The molecule has 134 valence electrons. The number of carboxylic acid groups (broad SMARTS) is 1. The number of hydrogen-bond donors (Lipinski definition) is 0. The molecule has 0 radical (unpaired) electrons. The maximum atomic E-state index is 11.0. The Kier molecular flexibility index (Phi) is 6.82. The van der Waals surface area contributed by atoms with E-state index in [4.69, 9.17) is 0 Å². The lowest BCUT2D eigenvalue weighted by Gasteiger charge is -2.19. The summed E-state index contributed by atoms with van der Waals surface area (Å²) in [6, 6.07) is 8.85. The number of benzene rings is 1. The lowest BCUT2D eigenvalue weighted by atomic mass is 10.1. The number of carbonyl (C=O) groups is 1. The summed E-state index contributed by atoms with van der Waals surface area (Å²) in [5.41, 5.74) is 2.12. The number of aromatic nitrogens is 2. The third kappa shape index (κ3) is 5.46. The molecule has 0 saturated carbocycles. The second kappa shape index (κ2) is 8.85. The highest BCUT2D eigenvalue weighted by Gasteiger charge is 2.11. The van der Waals surface area contributed by atoms with Gasteiger partial charge in [0.15, 0.2) is 5.16 Å². The van der Waals surface area contributed by atoms with Crippen LogP contribution in [0.5, 0.6) is 0 Å². The lowest BCUT2D eigenvalue weighted by Crippen LogP contribution is -2.22. The summed E-state index contributed by atoms with van der Waals surface area (Å²) < 4.78 is 0. The molecular weight excluding hydrogens is 334 g/mol. The molecule has 2 aromatic rings. The van der Waals surface area contributed by atoms with Crippen LogP contribution in [0.4, 0.5) is 5.82 Å². The molecule has 0 unspecified atom stereocenters. The van der Waals surface area contributed by atoms with Crippen LogP contribution in [-0.2, 0) is 5.75 Å². The highest BCUT2D eigenvalue weighted by Crippen LogP contribution is 2.25. The molecule has 2 rings (SSSR count). The van der Waals surface area contributed by atoms with Gasteiger partial charge in [-0.3, -0.25) is 0 Å². The Balaban J connectivity index is 2.20. The molecule has 6 heteroatoms. The number of carboxylic acids is 1. The van der Waals surface area contributed by atoms with Crippen LogP contribution in [0.1, 0.15) is 54.7 Å². The van der Waals surface area contributed by atoms with Gasteiger partial charge in [0.05, 0.1) is 5.97 Å². The normalized spacial score (nSPS) is 10.9. The highest BCUT2D eigenvalue weighted by molar-refractivity contribution is 7.98. The number of hydrogen-bond acceptors (Lipinski definition) is 6. The Labute approximate surface area is 153 Å². The van der Waals surface area contributed by atoms with Gasteiger partial charge < -0.3 is 14.8 Å². The van der Waals surface area contributed by atoms with Crippen LogP contribution in [0.2, 0.25) is 0 Å². The van der Waals surface area contributed by atoms with Crippen LogP contribution in [0, 0.1) is 0 Å². The summed E-state index contributed by atoms with van der Waals surface area (Å²) in [5.74, 6) is 0.692. The van der Waals surface area contributed by atoms with Gasteiger partial charge >= 0.3 is 0 Å². The van der Waals surface area contributed by atoms with Crippen LogP contribution in [-0.4, -0.2) is 29.5 Å². The van der Waals surface area contributed by atoms with Gasteiger partial charge in [0.25, 0.3) is 0 Å². The molecule has 1 heterocycles. The average Bonchev–Trinajstić information content (AvgIpc) is 2.60. The molecule has 0 bridgehead atoms. The van der Waals surface area contributed by atoms with Gasteiger partial charge in [0.2, 0.25) is 0 Å². The first-order chi connectivity index (χ1) is 11.9. The largest absolute Gasteiger partial charge is 0.545 e. The second-order valence-electron chi connectivity index (χ2n) is 6.29. The summed E-state index contributed by atoms with van der Waals surface area (Å²) in [6.45, 7) is 7.31.